The van der Waals surface area contributed by atoms with Crippen LogP contribution in [-0.2, 0) is 9.53 Å². The van der Waals surface area contributed by atoms with Crippen LogP contribution in [0.3, 0.4) is 0 Å². The molecule has 1 aromatic rings. The zero-order valence-corrected chi connectivity index (χ0v) is 14.5. The minimum Gasteiger partial charge on any atom is -0.423 e. The fraction of sp³-hybridized carbons (Fsp3) is 0.706. The topological polar surface area (TPSA) is 68.5 Å². The highest BCUT2D eigenvalue weighted by atomic mass is 16.5. The number of nitrogens with zero attached hydrogens (tertiary/aromatic N) is 3. The van der Waals surface area contributed by atoms with Crippen molar-refractivity contribution in [3.8, 4) is 0 Å². The SMILES string of the molecule is CC(C)=C[C@@H]1[C@H](C(=O)N2CCO[C@@H](c3nnc(C)o3)C2)C1(C)C. The third-order valence-corrected chi connectivity index (χ3v) is 4.88. The standard InChI is InChI=1S/C17H25N3O3/c1-10(2)8-12-14(17(12,4)5)16(21)20-6-7-22-13(9-20)15-19-18-11(3)23-15/h8,12-14H,6-7,9H2,1-5H3/t12-,13-,14-/m1/s1. The van der Waals surface area contributed by atoms with Gasteiger partial charge in [-0.05, 0) is 25.2 Å². The quantitative estimate of drug-likeness (QED) is 0.801. The second-order valence-electron chi connectivity index (χ2n) is 7.37. The third kappa shape index (κ3) is 3.04. The second kappa shape index (κ2) is 5.74. The maximum absolute atomic E-state index is 12.9. The van der Waals surface area contributed by atoms with Crippen LogP contribution in [0, 0.1) is 24.2 Å². The van der Waals surface area contributed by atoms with Gasteiger partial charge in [-0.25, -0.2) is 0 Å². The first-order valence-corrected chi connectivity index (χ1v) is 8.16. The average Bonchev–Trinajstić information content (AvgIpc) is 2.84. The van der Waals surface area contributed by atoms with Gasteiger partial charge in [0, 0.05) is 13.5 Å². The number of ether oxygens (including phenoxy) is 1. The number of carbonyl (C=O) groups is 1. The lowest BCUT2D eigenvalue weighted by molar-refractivity contribution is -0.142. The smallest absolute Gasteiger partial charge is 0.246 e. The molecule has 126 valence electrons. The Morgan fingerprint density at radius 1 is 1.35 bits per heavy atom. The summed E-state index contributed by atoms with van der Waals surface area (Å²) in [5.41, 5.74) is 1.29. The molecule has 0 unspecified atom stereocenters. The predicted octanol–water partition coefficient (Wildman–Crippen LogP) is 2.52. The summed E-state index contributed by atoms with van der Waals surface area (Å²) in [5, 5.41) is 7.86. The van der Waals surface area contributed by atoms with E-state index in [9.17, 15) is 4.79 Å². The Kier molecular flexibility index (Phi) is 4.04. The van der Waals surface area contributed by atoms with Crippen LogP contribution in [0.5, 0.6) is 0 Å². The molecule has 2 heterocycles. The maximum Gasteiger partial charge on any atom is 0.246 e. The molecule has 1 aliphatic carbocycles. The molecule has 6 heteroatoms. The molecule has 23 heavy (non-hydrogen) atoms. The van der Waals surface area contributed by atoms with E-state index in [1.54, 1.807) is 6.92 Å². The normalized spacial score (nSPS) is 29.3. The van der Waals surface area contributed by atoms with Crippen LogP contribution in [-0.4, -0.2) is 40.7 Å². The zero-order valence-electron chi connectivity index (χ0n) is 14.5. The molecule has 1 aliphatic heterocycles. The van der Waals surface area contributed by atoms with Gasteiger partial charge < -0.3 is 14.1 Å². The Hall–Kier alpha value is -1.69. The van der Waals surface area contributed by atoms with E-state index in [1.165, 1.54) is 5.57 Å². The van der Waals surface area contributed by atoms with Crippen LogP contribution in [0.1, 0.15) is 45.6 Å². The van der Waals surface area contributed by atoms with E-state index in [1.807, 2.05) is 4.90 Å². The number of amides is 1. The van der Waals surface area contributed by atoms with Crippen molar-refractivity contribution in [3.63, 3.8) is 0 Å². The predicted molar refractivity (Wildman–Crippen MR) is 84.5 cm³/mol. The fourth-order valence-corrected chi connectivity index (χ4v) is 3.46. The molecule has 6 nitrogen and oxygen atoms in total. The van der Waals surface area contributed by atoms with Crippen molar-refractivity contribution in [1.82, 2.24) is 15.1 Å². The van der Waals surface area contributed by atoms with Crippen molar-refractivity contribution in [1.29, 1.82) is 0 Å². The van der Waals surface area contributed by atoms with E-state index in [-0.39, 0.29) is 23.3 Å². The highest BCUT2D eigenvalue weighted by Crippen LogP contribution is 2.60. The van der Waals surface area contributed by atoms with Crippen LogP contribution in [0.15, 0.2) is 16.1 Å². The average molecular weight is 319 g/mol. The first kappa shape index (κ1) is 16.2. The van der Waals surface area contributed by atoms with Crippen LogP contribution in [0.2, 0.25) is 0 Å². The van der Waals surface area contributed by atoms with Crippen molar-refractivity contribution < 1.29 is 13.9 Å². The van der Waals surface area contributed by atoms with Gasteiger partial charge in [0.05, 0.1) is 19.1 Å². The lowest BCUT2D eigenvalue weighted by Gasteiger charge is -2.31. The Bertz CT molecular complexity index is 631. The van der Waals surface area contributed by atoms with E-state index in [0.29, 0.717) is 37.4 Å². The van der Waals surface area contributed by atoms with Gasteiger partial charge in [-0.2, -0.15) is 0 Å². The molecule has 3 rings (SSSR count). The molecule has 0 radical (unpaired) electrons. The van der Waals surface area contributed by atoms with E-state index in [4.69, 9.17) is 9.15 Å². The van der Waals surface area contributed by atoms with Crippen LogP contribution < -0.4 is 0 Å². The Morgan fingerprint density at radius 3 is 2.70 bits per heavy atom. The van der Waals surface area contributed by atoms with Gasteiger partial charge in [-0.1, -0.05) is 25.5 Å². The molecule has 1 saturated heterocycles. The molecule has 0 bridgehead atoms. The second-order valence-corrected chi connectivity index (χ2v) is 7.37. The van der Waals surface area contributed by atoms with Crippen molar-refractivity contribution >= 4 is 5.91 Å². The van der Waals surface area contributed by atoms with Crippen molar-refractivity contribution in [2.45, 2.75) is 40.7 Å². The van der Waals surface area contributed by atoms with E-state index in [2.05, 4.69) is 44.0 Å². The summed E-state index contributed by atoms with van der Waals surface area (Å²) in [5.74, 6) is 1.56. The Balaban J connectivity index is 1.69. The van der Waals surface area contributed by atoms with Crippen LogP contribution in [0.25, 0.3) is 0 Å². The summed E-state index contributed by atoms with van der Waals surface area (Å²) in [7, 11) is 0. The summed E-state index contributed by atoms with van der Waals surface area (Å²) < 4.78 is 11.1. The molecular formula is C17H25N3O3. The first-order chi connectivity index (χ1) is 10.8. The number of carbonyl (C=O) groups excluding carboxylic acids is 1. The molecule has 1 aromatic heterocycles. The van der Waals surface area contributed by atoms with Gasteiger partial charge in [0.1, 0.15) is 0 Å². The first-order valence-electron chi connectivity index (χ1n) is 8.16. The summed E-state index contributed by atoms with van der Waals surface area (Å²) in [4.78, 5) is 14.8. The van der Waals surface area contributed by atoms with Crippen molar-refractivity contribution in [2.24, 2.45) is 17.3 Å². The van der Waals surface area contributed by atoms with Crippen LogP contribution >= 0.6 is 0 Å². The van der Waals surface area contributed by atoms with Gasteiger partial charge >= 0.3 is 0 Å². The van der Waals surface area contributed by atoms with Gasteiger partial charge in [0.25, 0.3) is 0 Å². The molecule has 2 aliphatic rings. The number of aromatic nitrogens is 2. The molecule has 0 aromatic carbocycles. The number of morpholine rings is 1. The number of hydrogen-bond acceptors (Lipinski definition) is 5. The fourth-order valence-electron chi connectivity index (χ4n) is 3.46. The monoisotopic (exact) mass is 319 g/mol. The van der Waals surface area contributed by atoms with Gasteiger partial charge in [0.2, 0.25) is 17.7 Å². The lowest BCUT2D eigenvalue weighted by atomic mass is 10.1. The maximum atomic E-state index is 12.9. The Labute approximate surface area is 136 Å². The Morgan fingerprint density at radius 2 is 2.09 bits per heavy atom. The van der Waals surface area contributed by atoms with Crippen molar-refractivity contribution in [3.05, 3.63) is 23.4 Å². The molecule has 0 N–H and O–H groups in total. The number of allylic oxidation sites excluding steroid dienone is 2. The van der Waals surface area contributed by atoms with Gasteiger partial charge in [0.15, 0.2) is 6.10 Å². The summed E-state index contributed by atoms with van der Waals surface area (Å²) in [6.45, 7) is 11.8. The molecule has 3 atom stereocenters. The van der Waals surface area contributed by atoms with Gasteiger partial charge in [-0.15, -0.1) is 10.2 Å². The molecule has 2 fully saturated rings. The molecule has 0 spiro atoms. The lowest BCUT2D eigenvalue weighted by Crippen LogP contribution is -2.43. The zero-order chi connectivity index (χ0) is 16.8. The summed E-state index contributed by atoms with van der Waals surface area (Å²) in [6, 6.07) is 0. The minimum atomic E-state index is -0.322. The molecule has 1 saturated carbocycles. The van der Waals surface area contributed by atoms with E-state index >= 15 is 0 Å². The molecular weight excluding hydrogens is 294 g/mol. The highest BCUT2D eigenvalue weighted by molar-refractivity contribution is 5.84. The summed E-state index contributed by atoms with van der Waals surface area (Å²) >= 11 is 0. The third-order valence-electron chi connectivity index (χ3n) is 4.88. The van der Waals surface area contributed by atoms with E-state index < -0.39 is 0 Å². The summed E-state index contributed by atoms with van der Waals surface area (Å²) in [6.07, 6.45) is 1.90. The van der Waals surface area contributed by atoms with Crippen LogP contribution in [0.4, 0.5) is 0 Å². The highest BCUT2D eigenvalue weighted by Gasteiger charge is 2.61. The number of hydrogen-bond donors (Lipinski definition) is 0. The van der Waals surface area contributed by atoms with E-state index in [0.717, 1.165) is 0 Å². The minimum absolute atomic E-state index is 0.0310. The number of rotatable bonds is 3. The number of aryl methyl sites for hydroxylation is 1. The largest absolute Gasteiger partial charge is 0.423 e. The van der Waals surface area contributed by atoms with Gasteiger partial charge in [-0.3, -0.25) is 4.79 Å². The molecule has 1 amide bonds. The van der Waals surface area contributed by atoms with Crippen molar-refractivity contribution in [2.75, 3.05) is 19.7 Å².